The van der Waals surface area contributed by atoms with Crippen LogP contribution in [0.5, 0.6) is 0 Å². The van der Waals surface area contributed by atoms with Gasteiger partial charge in [-0.3, -0.25) is 5.10 Å². The molecule has 1 aromatic rings. The Balaban J connectivity index is 1.86. The summed E-state index contributed by atoms with van der Waals surface area (Å²) in [4.78, 5) is 2.36. The standard InChI is InChI=1S/C10H18N4/c1-8(9-5-11-12-6-9)13-10-3-4-14(2)7-10/h5-6,8,10,13H,3-4,7H2,1-2H3,(H,11,12). The zero-order valence-electron chi connectivity index (χ0n) is 8.83. The van der Waals surface area contributed by atoms with Crippen LogP contribution < -0.4 is 5.32 Å². The van der Waals surface area contributed by atoms with Crippen LogP contribution in [0.3, 0.4) is 0 Å². The van der Waals surface area contributed by atoms with Gasteiger partial charge in [0, 0.05) is 30.4 Å². The van der Waals surface area contributed by atoms with Crippen LogP contribution in [0.25, 0.3) is 0 Å². The first-order valence-electron chi connectivity index (χ1n) is 5.19. The number of H-pyrrole nitrogens is 1. The highest BCUT2D eigenvalue weighted by molar-refractivity contribution is 5.08. The Hall–Kier alpha value is -0.870. The smallest absolute Gasteiger partial charge is 0.0534 e. The van der Waals surface area contributed by atoms with Crippen molar-refractivity contribution < 1.29 is 0 Å². The van der Waals surface area contributed by atoms with Crippen molar-refractivity contribution in [1.29, 1.82) is 0 Å². The first kappa shape index (κ1) is 9.68. The molecular formula is C10H18N4. The number of likely N-dealkylation sites (tertiary alicyclic amines) is 1. The van der Waals surface area contributed by atoms with E-state index in [2.05, 4.69) is 34.4 Å². The summed E-state index contributed by atoms with van der Waals surface area (Å²) in [7, 11) is 2.17. The maximum Gasteiger partial charge on any atom is 0.0534 e. The van der Waals surface area contributed by atoms with Crippen molar-refractivity contribution in [1.82, 2.24) is 20.4 Å². The molecule has 78 valence electrons. The third kappa shape index (κ3) is 2.13. The SMILES string of the molecule is CC(NC1CCN(C)C1)c1cn[nH]c1. The largest absolute Gasteiger partial charge is 0.306 e. The van der Waals surface area contributed by atoms with Crippen LogP contribution in [0.1, 0.15) is 24.9 Å². The van der Waals surface area contributed by atoms with E-state index >= 15 is 0 Å². The number of aromatic nitrogens is 2. The van der Waals surface area contributed by atoms with Crippen molar-refractivity contribution in [3.63, 3.8) is 0 Å². The molecule has 0 bridgehead atoms. The predicted molar refractivity (Wildman–Crippen MR) is 56.0 cm³/mol. The first-order chi connectivity index (χ1) is 6.75. The normalized spacial score (nSPS) is 25.4. The molecule has 2 N–H and O–H groups in total. The predicted octanol–water partition coefficient (Wildman–Crippen LogP) is 0.764. The Morgan fingerprint density at radius 2 is 2.57 bits per heavy atom. The van der Waals surface area contributed by atoms with Crippen LogP contribution in [-0.2, 0) is 0 Å². The number of nitrogens with zero attached hydrogens (tertiary/aromatic N) is 2. The van der Waals surface area contributed by atoms with Crippen molar-refractivity contribution in [3.8, 4) is 0 Å². The van der Waals surface area contributed by atoms with Gasteiger partial charge in [0.05, 0.1) is 6.20 Å². The molecular weight excluding hydrogens is 176 g/mol. The van der Waals surface area contributed by atoms with E-state index in [0.717, 1.165) is 6.54 Å². The second kappa shape index (κ2) is 4.11. The molecule has 0 spiro atoms. The minimum atomic E-state index is 0.394. The minimum Gasteiger partial charge on any atom is -0.306 e. The van der Waals surface area contributed by atoms with Gasteiger partial charge < -0.3 is 10.2 Å². The Bertz CT molecular complexity index is 270. The Morgan fingerprint density at radius 3 is 3.14 bits per heavy atom. The Kier molecular flexibility index (Phi) is 2.84. The number of nitrogens with one attached hydrogen (secondary N) is 2. The fourth-order valence-electron chi connectivity index (χ4n) is 2.02. The van der Waals surface area contributed by atoms with Gasteiger partial charge in [0.25, 0.3) is 0 Å². The van der Waals surface area contributed by atoms with Crippen LogP contribution in [-0.4, -0.2) is 41.3 Å². The Labute approximate surface area is 84.7 Å². The quantitative estimate of drug-likeness (QED) is 0.747. The lowest BCUT2D eigenvalue weighted by molar-refractivity contribution is 0.387. The average molecular weight is 194 g/mol. The van der Waals surface area contributed by atoms with Crippen LogP contribution in [0.4, 0.5) is 0 Å². The van der Waals surface area contributed by atoms with Crippen LogP contribution in [0.2, 0.25) is 0 Å². The molecule has 2 heterocycles. The summed E-state index contributed by atoms with van der Waals surface area (Å²) >= 11 is 0. The van der Waals surface area contributed by atoms with Crippen molar-refractivity contribution in [2.24, 2.45) is 0 Å². The highest BCUT2D eigenvalue weighted by Crippen LogP contribution is 2.14. The van der Waals surface area contributed by atoms with Gasteiger partial charge in [0.1, 0.15) is 0 Å². The van der Waals surface area contributed by atoms with E-state index in [1.165, 1.54) is 18.5 Å². The molecule has 0 radical (unpaired) electrons. The number of aromatic amines is 1. The third-order valence-electron chi connectivity index (χ3n) is 2.90. The molecule has 0 aliphatic carbocycles. The van der Waals surface area contributed by atoms with Gasteiger partial charge >= 0.3 is 0 Å². The second-order valence-electron chi connectivity index (χ2n) is 4.17. The van der Waals surface area contributed by atoms with Crippen molar-refractivity contribution in [3.05, 3.63) is 18.0 Å². The molecule has 2 atom stereocenters. The molecule has 2 rings (SSSR count). The molecule has 1 saturated heterocycles. The van der Waals surface area contributed by atoms with E-state index in [4.69, 9.17) is 0 Å². The van der Waals surface area contributed by atoms with Crippen LogP contribution in [0.15, 0.2) is 12.4 Å². The van der Waals surface area contributed by atoms with E-state index < -0.39 is 0 Å². The zero-order chi connectivity index (χ0) is 9.97. The van der Waals surface area contributed by atoms with Gasteiger partial charge in [-0.05, 0) is 26.9 Å². The van der Waals surface area contributed by atoms with Gasteiger partial charge in [-0.2, -0.15) is 5.10 Å². The van der Waals surface area contributed by atoms with Crippen LogP contribution in [0, 0.1) is 0 Å². The summed E-state index contributed by atoms with van der Waals surface area (Å²) in [6, 6.07) is 1.02. The average Bonchev–Trinajstić information content (AvgIpc) is 2.75. The highest BCUT2D eigenvalue weighted by Gasteiger charge is 2.21. The molecule has 1 aliphatic heterocycles. The fraction of sp³-hybridized carbons (Fsp3) is 0.700. The van der Waals surface area contributed by atoms with E-state index in [-0.39, 0.29) is 0 Å². The summed E-state index contributed by atoms with van der Waals surface area (Å²) in [5.74, 6) is 0. The van der Waals surface area contributed by atoms with E-state index in [1.807, 2.05) is 12.4 Å². The molecule has 1 aromatic heterocycles. The molecule has 0 aromatic carbocycles. The summed E-state index contributed by atoms with van der Waals surface area (Å²) in [5, 5.41) is 10.4. The third-order valence-corrected chi connectivity index (χ3v) is 2.90. The van der Waals surface area contributed by atoms with E-state index in [1.54, 1.807) is 0 Å². The molecule has 4 nitrogen and oxygen atoms in total. The summed E-state index contributed by atoms with van der Waals surface area (Å²) in [6.07, 6.45) is 5.09. The lowest BCUT2D eigenvalue weighted by Crippen LogP contribution is -2.33. The maximum absolute atomic E-state index is 3.96. The lowest BCUT2D eigenvalue weighted by Gasteiger charge is -2.18. The topological polar surface area (TPSA) is 44.0 Å². The summed E-state index contributed by atoms with van der Waals surface area (Å²) in [6.45, 7) is 4.54. The van der Waals surface area contributed by atoms with Crippen molar-refractivity contribution in [2.45, 2.75) is 25.4 Å². The van der Waals surface area contributed by atoms with Crippen molar-refractivity contribution >= 4 is 0 Å². The monoisotopic (exact) mass is 194 g/mol. The molecule has 0 saturated carbocycles. The minimum absolute atomic E-state index is 0.394. The van der Waals surface area contributed by atoms with Gasteiger partial charge in [0.2, 0.25) is 0 Å². The first-order valence-corrected chi connectivity index (χ1v) is 5.19. The van der Waals surface area contributed by atoms with Crippen molar-refractivity contribution in [2.75, 3.05) is 20.1 Å². The fourth-order valence-corrected chi connectivity index (χ4v) is 2.02. The highest BCUT2D eigenvalue weighted by atomic mass is 15.2. The Morgan fingerprint density at radius 1 is 1.71 bits per heavy atom. The zero-order valence-corrected chi connectivity index (χ0v) is 8.83. The second-order valence-corrected chi connectivity index (χ2v) is 4.17. The van der Waals surface area contributed by atoms with E-state index in [0.29, 0.717) is 12.1 Å². The van der Waals surface area contributed by atoms with Gasteiger partial charge in [0.15, 0.2) is 0 Å². The number of hydrogen-bond acceptors (Lipinski definition) is 3. The van der Waals surface area contributed by atoms with E-state index in [9.17, 15) is 0 Å². The summed E-state index contributed by atoms with van der Waals surface area (Å²) < 4.78 is 0. The molecule has 2 unspecified atom stereocenters. The number of hydrogen-bond donors (Lipinski definition) is 2. The summed E-state index contributed by atoms with van der Waals surface area (Å²) in [5.41, 5.74) is 1.24. The van der Waals surface area contributed by atoms with Gasteiger partial charge in [-0.15, -0.1) is 0 Å². The lowest BCUT2D eigenvalue weighted by atomic mass is 10.1. The number of rotatable bonds is 3. The van der Waals surface area contributed by atoms with Gasteiger partial charge in [-0.25, -0.2) is 0 Å². The van der Waals surface area contributed by atoms with Gasteiger partial charge in [-0.1, -0.05) is 0 Å². The molecule has 1 fully saturated rings. The molecule has 1 aliphatic rings. The molecule has 0 amide bonds. The maximum atomic E-state index is 3.96. The molecule has 14 heavy (non-hydrogen) atoms. The number of likely N-dealkylation sites (N-methyl/N-ethyl adjacent to an activating group) is 1. The van der Waals surface area contributed by atoms with Crippen LogP contribution >= 0.6 is 0 Å². The molecule has 4 heteroatoms.